The summed E-state index contributed by atoms with van der Waals surface area (Å²) in [7, 11) is 3.17. The summed E-state index contributed by atoms with van der Waals surface area (Å²) < 4.78 is 4.90. The Morgan fingerprint density at radius 3 is 2.89 bits per heavy atom. The number of ether oxygens (including phenoxy) is 1. The molecule has 1 amide bonds. The van der Waals surface area contributed by atoms with Crippen LogP contribution in [-0.4, -0.2) is 49.3 Å². The van der Waals surface area contributed by atoms with Crippen LogP contribution in [0.2, 0.25) is 5.02 Å². The van der Waals surface area contributed by atoms with Gasteiger partial charge in [0.15, 0.2) is 0 Å². The van der Waals surface area contributed by atoms with E-state index in [-0.39, 0.29) is 23.3 Å². The van der Waals surface area contributed by atoms with Crippen LogP contribution in [0, 0.1) is 0 Å². The molecule has 0 aliphatic carbocycles. The highest BCUT2D eigenvalue weighted by atomic mass is 35.5. The van der Waals surface area contributed by atoms with Crippen LogP contribution in [0.3, 0.4) is 0 Å². The molecular weight excluding hydrogens is 256 g/mol. The van der Waals surface area contributed by atoms with E-state index in [0.717, 1.165) is 0 Å². The summed E-state index contributed by atoms with van der Waals surface area (Å²) >= 11 is 5.92. The number of carbonyl (C=O) groups excluding carboxylic acids is 1. The predicted octanol–water partition coefficient (Wildman–Crippen LogP) is 1.09. The monoisotopic (exact) mass is 272 g/mol. The number of likely N-dealkylation sites (N-methyl/N-ethyl adjacent to an activating group) is 1. The summed E-state index contributed by atoms with van der Waals surface area (Å²) in [5.74, 6) is -0.292. The molecule has 1 atom stereocenters. The van der Waals surface area contributed by atoms with Gasteiger partial charge in [-0.2, -0.15) is 0 Å². The molecular formula is C12H17ClN2O3. The molecule has 0 aliphatic rings. The lowest BCUT2D eigenvalue weighted by molar-refractivity contribution is 0.0764. The number of hydrogen-bond donors (Lipinski definition) is 2. The van der Waals surface area contributed by atoms with Crippen molar-refractivity contribution < 1.29 is 14.6 Å². The van der Waals surface area contributed by atoms with E-state index in [2.05, 4.69) is 0 Å². The molecule has 0 bridgehead atoms. The number of benzene rings is 1. The lowest BCUT2D eigenvalue weighted by Crippen LogP contribution is -2.41. The third-order valence-electron chi connectivity index (χ3n) is 2.42. The topological polar surface area (TPSA) is 75.8 Å². The Labute approximate surface area is 111 Å². The number of aromatic hydroxyl groups is 1. The van der Waals surface area contributed by atoms with Gasteiger partial charge in [0.05, 0.1) is 17.2 Å². The van der Waals surface area contributed by atoms with Crippen molar-refractivity contribution in [2.45, 2.75) is 6.04 Å². The second-order valence-corrected chi connectivity index (χ2v) is 4.47. The molecule has 100 valence electrons. The van der Waals surface area contributed by atoms with Crippen LogP contribution in [0.1, 0.15) is 10.4 Å². The summed E-state index contributed by atoms with van der Waals surface area (Å²) in [5, 5.41) is 9.66. The van der Waals surface area contributed by atoms with Crippen LogP contribution >= 0.6 is 11.6 Å². The molecule has 0 aromatic heterocycles. The van der Waals surface area contributed by atoms with E-state index in [1.165, 1.54) is 23.1 Å². The predicted molar refractivity (Wildman–Crippen MR) is 69.9 cm³/mol. The first kappa shape index (κ1) is 14.8. The van der Waals surface area contributed by atoms with Crippen molar-refractivity contribution in [3.63, 3.8) is 0 Å². The van der Waals surface area contributed by atoms with Gasteiger partial charge in [-0.05, 0) is 18.2 Å². The lowest BCUT2D eigenvalue weighted by atomic mass is 10.2. The summed E-state index contributed by atoms with van der Waals surface area (Å²) in [4.78, 5) is 13.5. The molecule has 0 aliphatic heterocycles. The van der Waals surface area contributed by atoms with Crippen molar-refractivity contribution in [3.05, 3.63) is 28.8 Å². The minimum absolute atomic E-state index is 0.00246. The van der Waals surface area contributed by atoms with Gasteiger partial charge >= 0.3 is 0 Å². The van der Waals surface area contributed by atoms with Crippen molar-refractivity contribution in [2.75, 3.05) is 27.3 Å². The van der Waals surface area contributed by atoms with Gasteiger partial charge in [0, 0.05) is 26.7 Å². The highest BCUT2D eigenvalue weighted by Gasteiger charge is 2.17. The maximum absolute atomic E-state index is 12.1. The number of phenolic OH excluding ortho intramolecular Hbond substituents is 1. The summed E-state index contributed by atoms with van der Waals surface area (Å²) in [6, 6.07) is 3.98. The second kappa shape index (κ2) is 6.58. The van der Waals surface area contributed by atoms with Gasteiger partial charge in [-0.15, -0.1) is 0 Å². The molecule has 0 spiro atoms. The van der Waals surface area contributed by atoms with Crippen molar-refractivity contribution in [1.82, 2.24) is 4.90 Å². The van der Waals surface area contributed by atoms with Crippen LogP contribution < -0.4 is 5.73 Å². The van der Waals surface area contributed by atoms with Gasteiger partial charge in [0.25, 0.3) is 5.91 Å². The van der Waals surface area contributed by atoms with E-state index in [0.29, 0.717) is 18.2 Å². The molecule has 1 aromatic rings. The average Bonchev–Trinajstić information content (AvgIpc) is 2.31. The van der Waals surface area contributed by atoms with Gasteiger partial charge in [-0.25, -0.2) is 0 Å². The number of phenols is 1. The van der Waals surface area contributed by atoms with Gasteiger partial charge in [-0.1, -0.05) is 11.6 Å². The number of rotatable bonds is 5. The minimum Gasteiger partial charge on any atom is -0.508 e. The van der Waals surface area contributed by atoms with Crippen LogP contribution in [-0.2, 0) is 4.74 Å². The number of carbonyl (C=O) groups is 1. The van der Waals surface area contributed by atoms with Crippen LogP contribution in [0.5, 0.6) is 5.75 Å². The smallest absolute Gasteiger partial charge is 0.255 e. The van der Waals surface area contributed by atoms with Gasteiger partial charge < -0.3 is 20.5 Å². The molecule has 0 saturated heterocycles. The standard InChI is InChI=1S/C12H17ClN2O3/c1-15(6-8(14)7-18-2)12(17)10-5-9(16)3-4-11(10)13/h3-5,8,16H,6-7,14H2,1-2H3. The van der Waals surface area contributed by atoms with Crippen molar-refractivity contribution in [1.29, 1.82) is 0 Å². The Balaban J connectivity index is 2.77. The number of hydrogen-bond acceptors (Lipinski definition) is 4. The highest BCUT2D eigenvalue weighted by molar-refractivity contribution is 6.33. The van der Waals surface area contributed by atoms with Gasteiger partial charge in [0.2, 0.25) is 0 Å². The Hall–Kier alpha value is -1.30. The van der Waals surface area contributed by atoms with E-state index < -0.39 is 0 Å². The Kier molecular flexibility index (Phi) is 5.40. The maximum atomic E-state index is 12.1. The first-order valence-electron chi connectivity index (χ1n) is 5.44. The molecule has 0 saturated carbocycles. The fraction of sp³-hybridized carbons (Fsp3) is 0.417. The van der Waals surface area contributed by atoms with Crippen molar-refractivity contribution >= 4 is 17.5 Å². The van der Waals surface area contributed by atoms with Gasteiger partial charge in [-0.3, -0.25) is 4.79 Å². The van der Waals surface area contributed by atoms with Gasteiger partial charge in [0.1, 0.15) is 5.75 Å². The molecule has 0 heterocycles. The minimum atomic E-state index is -0.289. The summed E-state index contributed by atoms with van der Waals surface area (Å²) in [5.41, 5.74) is 6.02. The fourth-order valence-electron chi connectivity index (χ4n) is 1.58. The van der Waals surface area contributed by atoms with Crippen molar-refractivity contribution in [3.8, 4) is 5.75 Å². The summed E-state index contributed by atoms with van der Waals surface area (Å²) in [6.45, 7) is 0.712. The zero-order valence-electron chi connectivity index (χ0n) is 10.4. The molecule has 18 heavy (non-hydrogen) atoms. The highest BCUT2D eigenvalue weighted by Crippen LogP contribution is 2.22. The molecule has 1 aromatic carbocycles. The Morgan fingerprint density at radius 1 is 1.61 bits per heavy atom. The quantitative estimate of drug-likeness (QED) is 0.841. The molecule has 6 heteroatoms. The average molecular weight is 273 g/mol. The van der Waals surface area contributed by atoms with E-state index in [1.54, 1.807) is 14.2 Å². The Bertz CT molecular complexity index is 426. The lowest BCUT2D eigenvalue weighted by Gasteiger charge is -2.21. The molecule has 1 unspecified atom stereocenters. The van der Waals surface area contributed by atoms with E-state index in [1.807, 2.05) is 0 Å². The molecule has 0 fully saturated rings. The number of nitrogens with zero attached hydrogens (tertiary/aromatic N) is 1. The third-order valence-corrected chi connectivity index (χ3v) is 2.75. The van der Waals surface area contributed by atoms with Crippen molar-refractivity contribution in [2.24, 2.45) is 5.73 Å². The van der Waals surface area contributed by atoms with Crippen LogP contribution in [0.15, 0.2) is 18.2 Å². The molecule has 3 N–H and O–H groups in total. The zero-order chi connectivity index (χ0) is 13.7. The largest absolute Gasteiger partial charge is 0.508 e. The zero-order valence-corrected chi connectivity index (χ0v) is 11.1. The van der Waals surface area contributed by atoms with E-state index in [9.17, 15) is 9.90 Å². The molecule has 1 rings (SSSR count). The van der Waals surface area contributed by atoms with Crippen LogP contribution in [0.4, 0.5) is 0 Å². The SMILES string of the molecule is COCC(N)CN(C)C(=O)c1cc(O)ccc1Cl. The number of nitrogens with two attached hydrogens (primary N) is 1. The van der Waals surface area contributed by atoms with Crippen LogP contribution in [0.25, 0.3) is 0 Å². The first-order valence-corrected chi connectivity index (χ1v) is 5.82. The molecule has 0 radical (unpaired) electrons. The first-order chi connectivity index (χ1) is 8.45. The maximum Gasteiger partial charge on any atom is 0.255 e. The second-order valence-electron chi connectivity index (χ2n) is 4.07. The third kappa shape index (κ3) is 3.87. The fourth-order valence-corrected chi connectivity index (χ4v) is 1.78. The number of methoxy groups -OCH3 is 1. The Morgan fingerprint density at radius 2 is 2.28 bits per heavy atom. The van der Waals surface area contributed by atoms with E-state index >= 15 is 0 Å². The summed E-state index contributed by atoms with van der Waals surface area (Å²) in [6.07, 6.45) is 0. The number of amides is 1. The molecule has 5 nitrogen and oxygen atoms in total. The normalized spacial score (nSPS) is 12.2. The van der Waals surface area contributed by atoms with E-state index in [4.69, 9.17) is 22.1 Å². The number of halogens is 1.